The zero-order valence-corrected chi connectivity index (χ0v) is 11.5. The molecule has 0 radical (unpaired) electrons. The standard InChI is InChI=1S/C14H22N4O/c1-2-10-5-3-4-8-18(10)14(19)13-11(15)12(16-17-13)9-6-7-9/h9-10H,2-8,15H2,1H3,(H,16,17). The first kappa shape index (κ1) is 12.5. The first-order valence-corrected chi connectivity index (χ1v) is 7.37. The molecule has 1 saturated carbocycles. The van der Waals surface area contributed by atoms with E-state index in [1.165, 1.54) is 6.42 Å². The van der Waals surface area contributed by atoms with E-state index in [0.717, 1.165) is 44.3 Å². The van der Waals surface area contributed by atoms with Crippen LogP contribution >= 0.6 is 0 Å². The Kier molecular flexibility index (Phi) is 3.21. The number of carbonyl (C=O) groups excluding carboxylic acids is 1. The van der Waals surface area contributed by atoms with Crippen LogP contribution in [-0.2, 0) is 0 Å². The van der Waals surface area contributed by atoms with Gasteiger partial charge < -0.3 is 10.6 Å². The van der Waals surface area contributed by atoms with E-state index in [1.54, 1.807) is 0 Å². The van der Waals surface area contributed by atoms with Gasteiger partial charge in [-0.3, -0.25) is 9.89 Å². The monoisotopic (exact) mass is 262 g/mol. The molecule has 0 spiro atoms. The van der Waals surface area contributed by atoms with E-state index in [2.05, 4.69) is 17.1 Å². The van der Waals surface area contributed by atoms with Crippen LogP contribution in [0.2, 0.25) is 0 Å². The predicted molar refractivity (Wildman–Crippen MR) is 73.9 cm³/mol. The number of hydrogen-bond acceptors (Lipinski definition) is 3. The number of aromatic nitrogens is 2. The second kappa shape index (κ2) is 4.87. The number of rotatable bonds is 3. The van der Waals surface area contributed by atoms with Crippen LogP contribution in [0, 0.1) is 0 Å². The Morgan fingerprint density at radius 3 is 2.89 bits per heavy atom. The van der Waals surface area contributed by atoms with Crippen LogP contribution in [-0.4, -0.2) is 33.6 Å². The van der Waals surface area contributed by atoms with Gasteiger partial charge in [0.05, 0.1) is 11.4 Å². The van der Waals surface area contributed by atoms with Crippen LogP contribution in [0.3, 0.4) is 0 Å². The number of carbonyl (C=O) groups is 1. The van der Waals surface area contributed by atoms with E-state index in [4.69, 9.17) is 5.73 Å². The second-order valence-electron chi connectivity index (χ2n) is 5.73. The van der Waals surface area contributed by atoms with Crippen LogP contribution in [0.15, 0.2) is 0 Å². The number of hydrogen-bond donors (Lipinski definition) is 2. The molecule has 3 rings (SSSR count). The third-order valence-electron chi connectivity index (χ3n) is 4.38. The highest BCUT2D eigenvalue weighted by Crippen LogP contribution is 2.42. The molecule has 5 heteroatoms. The molecule has 1 aromatic heterocycles. The van der Waals surface area contributed by atoms with Crippen molar-refractivity contribution in [3.8, 4) is 0 Å². The van der Waals surface area contributed by atoms with E-state index in [9.17, 15) is 4.79 Å². The van der Waals surface area contributed by atoms with Gasteiger partial charge in [0, 0.05) is 18.5 Å². The van der Waals surface area contributed by atoms with Crippen molar-refractivity contribution < 1.29 is 4.79 Å². The maximum Gasteiger partial charge on any atom is 0.276 e. The Balaban J connectivity index is 1.82. The third-order valence-corrected chi connectivity index (χ3v) is 4.38. The van der Waals surface area contributed by atoms with Crippen molar-refractivity contribution in [2.75, 3.05) is 12.3 Å². The average molecular weight is 262 g/mol. The largest absolute Gasteiger partial charge is 0.395 e. The molecule has 1 atom stereocenters. The normalized spacial score (nSPS) is 23.6. The van der Waals surface area contributed by atoms with Gasteiger partial charge in [-0.1, -0.05) is 6.92 Å². The van der Waals surface area contributed by atoms with Gasteiger partial charge in [-0.05, 0) is 38.5 Å². The van der Waals surface area contributed by atoms with Gasteiger partial charge in [0.1, 0.15) is 0 Å². The number of anilines is 1. The summed E-state index contributed by atoms with van der Waals surface area (Å²) in [6.45, 7) is 2.97. The summed E-state index contributed by atoms with van der Waals surface area (Å²) in [5.74, 6) is 0.504. The van der Waals surface area contributed by atoms with Crippen molar-refractivity contribution in [3.05, 3.63) is 11.4 Å². The van der Waals surface area contributed by atoms with Crippen LogP contribution in [0.5, 0.6) is 0 Å². The first-order valence-electron chi connectivity index (χ1n) is 7.37. The topological polar surface area (TPSA) is 75.0 Å². The fourth-order valence-electron chi connectivity index (χ4n) is 3.04. The lowest BCUT2D eigenvalue weighted by Crippen LogP contribution is -2.43. The molecule has 104 valence electrons. The Bertz CT molecular complexity index is 478. The van der Waals surface area contributed by atoms with E-state index in [-0.39, 0.29) is 5.91 Å². The molecule has 1 aromatic rings. The van der Waals surface area contributed by atoms with Crippen LogP contribution in [0.4, 0.5) is 5.69 Å². The molecule has 19 heavy (non-hydrogen) atoms. The summed E-state index contributed by atoms with van der Waals surface area (Å²) >= 11 is 0. The van der Waals surface area contributed by atoms with Gasteiger partial charge in [0.15, 0.2) is 5.69 Å². The number of H-pyrrole nitrogens is 1. The molecule has 1 amide bonds. The molecule has 1 aliphatic carbocycles. The Hall–Kier alpha value is -1.52. The number of nitrogens with zero attached hydrogens (tertiary/aromatic N) is 2. The molecule has 0 aromatic carbocycles. The van der Waals surface area contributed by atoms with E-state index < -0.39 is 0 Å². The van der Waals surface area contributed by atoms with Gasteiger partial charge in [0.2, 0.25) is 0 Å². The summed E-state index contributed by atoms with van der Waals surface area (Å²) in [6.07, 6.45) is 6.71. The molecule has 1 aliphatic heterocycles. The molecular weight excluding hydrogens is 240 g/mol. The Morgan fingerprint density at radius 2 is 2.21 bits per heavy atom. The van der Waals surface area contributed by atoms with Gasteiger partial charge in [-0.25, -0.2) is 0 Å². The Morgan fingerprint density at radius 1 is 1.42 bits per heavy atom. The third kappa shape index (κ3) is 2.22. The summed E-state index contributed by atoms with van der Waals surface area (Å²) < 4.78 is 0. The molecule has 2 fully saturated rings. The maximum atomic E-state index is 12.6. The molecular formula is C14H22N4O. The highest BCUT2D eigenvalue weighted by atomic mass is 16.2. The van der Waals surface area contributed by atoms with Crippen molar-refractivity contribution in [1.82, 2.24) is 15.1 Å². The van der Waals surface area contributed by atoms with Crippen molar-refractivity contribution in [3.63, 3.8) is 0 Å². The number of nitrogens with two attached hydrogens (primary N) is 1. The molecule has 3 N–H and O–H groups in total. The van der Waals surface area contributed by atoms with E-state index in [1.807, 2.05) is 4.90 Å². The molecule has 1 saturated heterocycles. The summed E-state index contributed by atoms with van der Waals surface area (Å²) in [6, 6.07) is 0.349. The molecule has 2 heterocycles. The van der Waals surface area contributed by atoms with Crippen molar-refractivity contribution in [1.29, 1.82) is 0 Å². The summed E-state index contributed by atoms with van der Waals surface area (Å²) in [4.78, 5) is 14.6. The van der Waals surface area contributed by atoms with Crippen molar-refractivity contribution in [2.45, 2.75) is 57.4 Å². The second-order valence-corrected chi connectivity index (χ2v) is 5.73. The van der Waals surface area contributed by atoms with Crippen molar-refractivity contribution >= 4 is 11.6 Å². The lowest BCUT2D eigenvalue weighted by molar-refractivity contribution is 0.0603. The fraction of sp³-hybridized carbons (Fsp3) is 0.714. The van der Waals surface area contributed by atoms with Crippen molar-refractivity contribution in [2.24, 2.45) is 0 Å². The summed E-state index contributed by atoms with van der Waals surface area (Å²) in [5.41, 5.74) is 8.07. The molecule has 2 aliphatic rings. The molecule has 0 bridgehead atoms. The lowest BCUT2D eigenvalue weighted by Gasteiger charge is -2.34. The number of nitrogens with one attached hydrogen (secondary N) is 1. The quantitative estimate of drug-likeness (QED) is 0.877. The van der Waals surface area contributed by atoms with Crippen LogP contribution in [0.1, 0.15) is 67.5 Å². The lowest BCUT2D eigenvalue weighted by atomic mass is 9.99. The first-order chi connectivity index (χ1) is 9.22. The number of aromatic amines is 1. The van der Waals surface area contributed by atoms with Gasteiger partial charge in [-0.2, -0.15) is 5.10 Å². The molecule has 1 unspecified atom stereocenters. The zero-order chi connectivity index (χ0) is 13.4. The van der Waals surface area contributed by atoms with Gasteiger partial charge in [-0.15, -0.1) is 0 Å². The van der Waals surface area contributed by atoms with E-state index >= 15 is 0 Å². The smallest absolute Gasteiger partial charge is 0.276 e. The minimum Gasteiger partial charge on any atom is -0.395 e. The highest BCUT2D eigenvalue weighted by molar-refractivity contribution is 5.98. The van der Waals surface area contributed by atoms with Crippen LogP contribution in [0.25, 0.3) is 0 Å². The molecule has 5 nitrogen and oxygen atoms in total. The summed E-state index contributed by atoms with van der Waals surface area (Å²) in [5, 5.41) is 7.15. The highest BCUT2D eigenvalue weighted by Gasteiger charge is 2.33. The number of likely N-dealkylation sites (tertiary alicyclic amines) is 1. The number of piperidine rings is 1. The summed E-state index contributed by atoms with van der Waals surface area (Å²) in [7, 11) is 0. The maximum absolute atomic E-state index is 12.6. The van der Waals surface area contributed by atoms with E-state index in [0.29, 0.717) is 23.3 Å². The minimum absolute atomic E-state index is 0.00667. The Labute approximate surface area is 113 Å². The predicted octanol–water partition coefficient (Wildman–Crippen LogP) is 2.27. The minimum atomic E-state index is 0.00667. The zero-order valence-electron chi connectivity index (χ0n) is 11.5. The number of nitrogen functional groups attached to an aromatic ring is 1. The van der Waals surface area contributed by atoms with Gasteiger partial charge in [0.25, 0.3) is 5.91 Å². The fourth-order valence-corrected chi connectivity index (χ4v) is 3.04. The average Bonchev–Trinajstić information content (AvgIpc) is 3.21. The number of amides is 1. The van der Waals surface area contributed by atoms with Gasteiger partial charge >= 0.3 is 0 Å². The van der Waals surface area contributed by atoms with Crippen LogP contribution < -0.4 is 5.73 Å². The SMILES string of the molecule is CCC1CCCCN1C(=O)c1n[nH]c(C2CC2)c1N.